The molecule has 5 nitrogen and oxygen atoms in total. The second-order valence-corrected chi connectivity index (χ2v) is 18.3. The number of benzene rings is 10. The molecule has 0 fully saturated rings. The summed E-state index contributed by atoms with van der Waals surface area (Å²) >= 11 is 1.75. The molecule has 0 radical (unpaired) electrons. The fourth-order valence-corrected chi connectivity index (χ4v) is 11.9. The Kier molecular flexibility index (Phi) is 7.31. The van der Waals surface area contributed by atoms with Gasteiger partial charge in [-0.15, -0.1) is 11.3 Å². The monoisotopic (exact) mass is 858 g/mol. The van der Waals surface area contributed by atoms with Crippen molar-refractivity contribution >= 4 is 119 Å². The van der Waals surface area contributed by atoms with Crippen LogP contribution in [0.1, 0.15) is 0 Å². The van der Waals surface area contributed by atoms with E-state index in [9.17, 15) is 0 Å². The maximum absolute atomic E-state index is 6.85. The molecular formula is C60H34N4OS. The molecule has 0 aliphatic carbocycles. The maximum atomic E-state index is 6.85. The second kappa shape index (κ2) is 13.5. The molecule has 5 heterocycles. The fraction of sp³-hybridized carbons (Fsp3) is 0. The lowest BCUT2D eigenvalue weighted by atomic mass is 9.98. The van der Waals surface area contributed by atoms with E-state index in [1.165, 1.54) is 37.3 Å². The van der Waals surface area contributed by atoms with Crippen molar-refractivity contribution in [2.45, 2.75) is 0 Å². The van der Waals surface area contributed by atoms with Gasteiger partial charge in [0.05, 0.1) is 38.0 Å². The van der Waals surface area contributed by atoms with E-state index in [1.54, 1.807) is 11.3 Å². The Labute approximate surface area is 380 Å². The van der Waals surface area contributed by atoms with Crippen molar-refractivity contribution in [3.05, 3.63) is 206 Å². The first-order valence-electron chi connectivity index (χ1n) is 22.3. The topological polar surface area (TPSA) is 48.8 Å². The lowest BCUT2D eigenvalue weighted by Crippen LogP contribution is -2.02. The Hall–Kier alpha value is -8.58. The number of furan rings is 1. The Bertz CT molecular complexity index is 4520. The van der Waals surface area contributed by atoms with Crippen LogP contribution in [-0.2, 0) is 0 Å². The summed E-state index contributed by atoms with van der Waals surface area (Å²) in [5.41, 5.74) is 12.5. The number of rotatable bonds is 4. The first-order valence-corrected chi connectivity index (χ1v) is 23.1. The largest absolute Gasteiger partial charge is 0.455 e. The van der Waals surface area contributed by atoms with Crippen molar-refractivity contribution in [2.75, 3.05) is 0 Å². The zero-order chi connectivity index (χ0) is 43.0. The first-order chi connectivity index (χ1) is 32.7. The predicted octanol–water partition coefficient (Wildman–Crippen LogP) is 16.6. The smallest absolute Gasteiger partial charge is 0.235 e. The molecule has 6 heteroatoms. The minimum Gasteiger partial charge on any atom is -0.455 e. The molecule has 0 aliphatic rings. The van der Waals surface area contributed by atoms with Crippen LogP contribution in [0.3, 0.4) is 0 Å². The third kappa shape index (κ3) is 5.04. The average Bonchev–Trinajstić information content (AvgIpc) is 4.13. The summed E-state index contributed by atoms with van der Waals surface area (Å²) < 4.78 is 13.8. The molecule has 0 saturated heterocycles. The Balaban J connectivity index is 1.03. The third-order valence-electron chi connectivity index (χ3n) is 13.7. The van der Waals surface area contributed by atoms with Crippen LogP contribution in [0.2, 0.25) is 0 Å². The van der Waals surface area contributed by atoms with Gasteiger partial charge in [0.25, 0.3) is 0 Å². The van der Waals surface area contributed by atoms with E-state index in [2.05, 4.69) is 215 Å². The van der Waals surface area contributed by atoms with Gasteiger partial charge >= 0.3 is 0 Å². The normalized spacial score (nSPS) is 12.2. The molecule has 0 spiro atoms. The van der Waals surface area contributed by atoms with Gasteiger partial charge in [-0.3, -0.25) is 4.57 Å². The van der Waals surface area contributed by atoms with Crippen LogP contribution in [0.25, 0.3) is 141 Å². The van der Waals surface area contributed by atoms with E-state index in [0.29, 0.717) is 5.95 Å². The molecule has 0 aliphatic heterocycles. The van der Waals surface area contributed by atoms with Crippen molar-refractivity contribution in [1.82, 2.24) is 19.1 Å². The summed E-state index contributed by atoms with van der Waals surface area (Å²) in [5.74, 6) is 0.626. The number of nitrogens with zero attached hydrogens (tertiary/aromatic N) is 4. The Morgan fingerprint density at radius 1 is 0.394 bits per heavy atom. The summed E-state index contributed by atoms with van der Waals surface area (Å²) in [5, 5.41) is 12.8. The summed E-state index contributed by atoms with van der Waals surface area (Å²) in [6.07, 6.45) is 0. The van der Waals surface area contributed by atoms with Crippen molar-refractivity contribution in [1.29, 1.82) is 0 Å². The lowest BCUT2D eigenvalue weighted by molar-refractivity contribution is 0.673. The van der Waals surface area contributed by atoms with E-state index in [0.717, 1.165) is 98.2 Å². The highest BCUT2D eigenvalue weighted by Crippen LogP contribution is 2.44. The number of hydrogen-bond donors (Lipinski definition) is 0. The van der Waals surface area contributed by atoms with Gasteiger partial charge in [0, 0.05) is 65.1 Å². The lowest BCUT2D eigenvalue weighted by Gasteiger charge is -2.10. The summed E-state index contributed by atoms with van der Waals surface area (Å²) in [7, 11) is 0. The average molecular weight is 859 g/mol. The predicted molar refractivity (Wildman–Crippen MR) is 277 cm³/mol. The molecule has 306 valence electrons. The Morgan fingerprint density at radius 3 is 1.85 bits per heavy atom. The molecule has 10 aromatic carbocycles. The molecular weight excluding hydrogens is 825 g/mol. The highest BCUT2D eigenvalue weighted by molar-refractivity contribution is 7.26. The van der Waals surface area contributed by atoms with Gasteiger partial charge in [-0.1, -0.05) is 140 Å². The van der Waals surface area contributed by atoms with Crippen molar-refractivity contribution in [2.24, 2.45) is 0 Å². The van der Waals surface area contributed by atoms with Gasteiger partial charge in [-0.2, -0.15) is 0 Å². The summed E-state index contributed by atoms with van der Waals surface area (Å²) in [6, 6.07) is 74.3. The van der Waals surface area contributed by atoms with Gasteiger partial charge in [-0.25, -0.2) is 9.97 Å². The van der Waals surface area contributed by atoms with Crippen LogP contribution < -0.4 is 0 Å². The van der Waals surface area contributed by atoms with E-state index in [1.807, 2.05) is 0 Å². The zero-order valence-corrected chi connectivity index (χ0v) is 36.1. The third-order valence-corrected chi connectivity index (χ3v) is 14.9. The van der Waals surface area contributed by atoms with Crippen LogP contribution in [0.4, 0.5) is 0 Å². The molecule has 66 heavy (non-hydrogen) atoms. The van der Waals surface area contributed by atoms with Crippen molar-refractivity contribution in [3.8, 4) is 34.0 Å². The SMILES string of the molecule is c1ccc(-c2nc(-n3c4ccc(-c5ccc6c(c5)c5c7ccccc7ccc5n6-c5ccccc5)cc4c4cc5c(cc43)oc3c4ccccc4ccc53)nc3c2sc2ccccc23)cc1. The van der Waals surface area contributed by atoms with Gasteiger partial charge in [0.2, 0.25) is 5.95 Å². The molecule has 0 amide bonds. The van der Waals surface area contributed by atoms with Gasteiger partial charge in [0.15, 0.2) is 0 Å². The second-order valence-electron chi connectivity index (χ2n) is 17.3. The number of aromatic nitrogens is 4. The van der Waals surface area contributed by atoms with Crippen LogP contribution in [0.5, 0.6) is 0 Å². The molecule has 0 saturated carbocycles. The number of hydrogen-bond acceptors (Lipinski definition) is 4. The number of fused-ring (bicyclic) bond motifs is 16. The highest BCUT2D eigenvalue weighted by atomic mass is 32.1. The van der Waals surface area contributed by atoms with E-state index in [4.69, 9.17) is 14.4 Å². The molecule has 15 aromatic rings. The minimum atomic E-state index is 0.626. The molecule has 15 rings (SSSR count). The van der Waals surface area contributed by atoms with E-state index < -0.39 is 0 Å². The quantitative estimate of drug-likeness (QED) is 0.177. The van der Waals surface area contributed by atoms with Crippen LogP contribution >= 0.6 is 11.3 Å². The summed E-state index contributed by atoms with van der Waals surface area (Å²) in [6.45, 7) is 0. The minimum absolute atomic E-state index is 0.626. The van der Waals surface area contributed by atoms with Gasteiger partial charge in [-0.05, 0) is 87.9 Å². The number of thiophene rings is 1. The van der Waals surface area contributed by atoms with Crippen LogP contribution in [0, 0.1) is 0 Å². The van der Waals surface area contributed by atoms with E-state index in [-0.39, 0.29) is 0 Å². The Morgan fingerprint density at radius 2 is 1.03 bits per heavy atom. The number of para-hydroxylation sites is 1. The fourth-order valence-electron chi connectivity index (χ4n) is 10.7. The van der Waals surface area contributed by atoms with Crippen LogP contribution in [-0.4, -0.2) is 19.1 Å². The summed E-state index contributed by atoms with van der Waals surface area (Å²) in [4.78, 5) is 11.0. The molecule has 5 aromatic heterocycles. The standard InChI is InChI=1S/C60H34N4OS/c1-3-15-37(16-4-1)56-59-57(44-21-11-12-22-54(44)66-59)62-60(61-56)64-49-28-25-38(31-45(49)46-33-47-43-27-23-36-14-8-10-20-42(36)58(43)65-53(47)34-52(46)64)39-26-29-50-48(32-39)55-41-19-9-7-13-35(41)24-30-51(55)63(50)40-17-5-2-6-18-40/h1-34H. The first kappa shape index (κ1) is 35.8. The van der Waals surface area contributed by atoms with Crippen LogP contribution in [0.15, 0.2) is 211 Å². The highest BCUT2D eigenvalue weighted by Gasteiger charge is 2.23. The molecule has 0 bridgehead atoms. The van der Waals surface area contributed by atoms with E-state index >= 15 is 0 Å². The molecule has 0 unspecified atom stereocenters. The maximum Gasteiger partial charge on any atom is 0.235 e. The van der Waals surface area contributed by atoms with Crippen molar-refractivity contribution < 1.29 is 4.42 Å². The molecule has 0 atom stereocenters. The van der Waals surface area contributed by atoms with Gasteiger partial charge < -0.3 is 8.98 Å². The van der Waals surface area contributed by atoms with Crippen molar-refractivity contribution in [3.63, 3.8) is 0 Å². The van der Waals surface area contributed by atoms with Gasteiger partial charge in [0.1, 0.15) is 11.2 Å². The molecule has 0 N–H and O–H groups in total. The zero-order valence-electron chi connectivity index (χ0n) is 35.2.